The normalized spacial score (nSPS) is 15.6. The summed E-state index contributed by atoms with van der Waals surface area (Å²) in [6.07, 6.45) is 0.959. The molecule has 2 aromatic rings. The van der Waals surface area contributed by atoms with E-state index in [1.54, 1.807) is 36.4 Å². The van der Waals surface area contributed by atoms with E-state index in [0.717, 1.165) is 19.5 Å². The van der Waals surface area contributed by atoms with Gasteiger partial charge in [-0.2, -0.15) is 0 Å². The van der Waals surface area contributed by atoms with Gasteiger partial charge in [-0.1, -0.05) is 19.9 Å². The summed E-state index contributed by atoms with van der Waals surface area (Å²) in [7, 11) is -3.85. The Hall–Kier alpha value is -2.62. The number of carbonyl (C=O) groups excluding carboxylic acids is 1. The first-order valence-electron chi connectivity index (χ1n) is 11.7. The van der Waals surface area contributed by atoms with Crippen LogP contribution in [0.5, 0.6) is 5.75 Å². The van der Waals surface area contributed by atoms with Gasteiger partial charge in [0.2, 0.25) is 0 Å². The van der Waals surface area contributed by atoms with Gasteiger partial charge in [-0.05, 0) is 61.7 Å². The maximum Gasteiger partial charge on any atom is 0.261 e. The molecule has 3 rings (SSSR count). The minimum Gasteiger partial charge on any atom is -0.494 e. The second-order valence-electron chi connectivity index (χ2n) is 8.73. The van der Waals surface area contributed by atoms with Gasteiger partial charge < -0.3 is 14.8 Å². The molecule has 0 bridgehead atoms. The van der Waals surface area contributed by atoms with Crippen LogP contribution >= 0.6 is 0 Å². The van der Waals surface area contributed by atoms with Crippen LogP contribution in [0.4, 0.5) is 5.69 Å². The third-order valence-electron chi connectivity index (χ3n) is 5.63. The zero-order chi connectivity index (χ0) is 24.6. The summed E-state index contributed by atoms with van der Waals surface area (Å²) >= 11 is 0. The number of nitrogens with zero attached hydrogens (tertiary/aromatic N) is 1. The van der Waals surface area contributed by atoms with Crippen LogP contribution in [0.2, 0.25) is 0 Å². The molecule has 8 nitrogen and oxygen atoms in total. The summed E-state index contributed by atoms with van der Waals surface area (Å²) in [6.45, 7) is 10.3. The Kier molecular flexibility index (Phi) is 9.32. The number of benzene rings is 2. The average molecular weight is 490 g/mol. The fraction of sp³-hybridized carbons (Fsp3) is 0.480. The summed E-state index contributed by atoms with van der Waals surface area (Å²) in [6, 6.07) is 13.0. The van der Waals surface area contributed by atoms with Crippen molar-refractivity contribution in [3.05, 3.63) is 54.1 Å². The van der Waals surface area contributed by atoms with Gasteiger partial charge in [0, 0.05) is 36.9 Å². The number of sulfonamides is 1. The molecule has 1 aliphatic heterocycles. The molecule has 0 aliphatic carbocycles. The molecule has 9 heteroatoms. The van der Waals surface area contributed by atoms with Crippen molar-refractivity contribution >= 4 is 21.6 Å². The van der Waals surface area contributed by atoms with Crippen LogP contribution in [-0.4, -0.2) is 64.7 Å². The molecule has 0 aromatic heterocycles. The number of ether oxygens (including phenoxy) is 2. The molecular formula is C25H35N3O5S. The lowest BCUT2D eigenvalue weighted by molar-refractivity contribution is 0.0124. The van der Waals surface area contributed by atoms with Crippen LogP contribution in [0.15, 0.2) is 53.4 Å². The van der Waals surface area contributed by atoms with Gasteiger partial charge in [0.1, 0.15) is 5.75 Å². The average Bonchev–Trinajstić information content (AvgIpc) is 2.83. The third kappa shape index (κ3) is 7.44. The van der Waals surface area contributed by atoms with Crippen molar-refractivity contribution in [2.75, 3.05) is 44.2 Å². The van der Waals surface area contributed by atoms with Crippen molar-refractivity contribution in [1.82, 2.24) is 10.2 Å². The molecule has 1 saturated heterocycles. The van der Waals surface area contributed by atoms with Crippen LogP contribution < -0.4 is 14.8 Å². The lowest BCUT2D eigenvalue weighted by Crippen LogP contribution is -2.49. The second kappa shape index (κ2) is 12.2. The maximum atomic E-state index is 12.9. The molecule has 0 saturated carbocycles. The van der Waals surface area contributed by atoms with E-state index in [0.29, 0.717) is 49.3 Å². The molecule has 1 amide bonds. The zero-order valence-electron chi connectivity index (χ0n) is 20.1. The summed E-state index contributed by atoms with van der Waals surface area (Å²) in [5, 5.41) is 3.00. The number of carbonyl (C=O) groups is 1. The lowest BCUT2D eigenvalue weighted by atomic mass is 10.0. The van der Waals surface area contributed by atoms with E-state index >= 15 is 0 Å². The number of hydrogen-bond donors (Lipinski definition) is 2. The van der Waals surface area contributed by atoms with E-state index in [1.165, 1.54) is 12.1 Å². The van der Waals surface area contributed by atoms with Gasteiger partial charge in [-0.3, -0.25) is 14.4 Å². The Balaban J connectivity index is 1.66. The van der Waals surface area contributed by atoms with Gasteiger partial charge in [-0.25, -0.2) is 8.42 Å². The van der Waals surface area contributed by atoms with E-state index in [9.17, 15) is 13.2 Å². The Morgan fingerprint density at radius 1 is 1.12 bits per heavy atom. The van der Waals surface area contributed by atoms with Crippen molar-refractivity contribution in [3.63, 3.8) is 0 Å². The summed E-state index contributed by atoms with van der Waals surface area (Å²) in [5.74, 6) is 0.865. The predicted octanol–water partition coefficient (Wildman–Crippen LogP) is 3.36. The van der Waals surface area contributed by atoms with E-state index in [1.807, 2.05) is 6.92 Å². The topological polar surface area (TPSA) is 97.0 Å². The van der Waals surface area contributed by atoms with Crippen molar-refractivity contribution in [2.45, 2.75) is 38.1 Å². The quantitative estimate of drug-likeness (QED) is 0.502. The van der Waals surface area contributed by atoms with Crippen molar-refractivity contribution < 1.29 is 22.7 Å². The van der Waals surface area contributed by atoms with Gasteiger partial charge in [0.25, 0.3) is 15.9 Å². The maximum absolute atomic E-state index is 12.9. The third-order valence-corrected chi connectivity index (χ3v) is 7.01. The van der Waals surface area contributed by atoms with Crippen molar-refractivity contribution in [2.24, 2.45) is 5.92 Å². The first kappa shape index (κ1) is 26.0. The molecule has 34 heavy (non-hydrogen) atoms. The molecule has 0 radical (unpaired) electrons. The van der Waals surface area contributed by atoms with Crippen LogP contribution in [0.25, 0.3) is 0 Å². The van der Waals surface area contributed by atoms with Crippen LogP contribution in [0.1, 0.15) is 37.6 Å². The molecule has 0 spiro atoms. The highest BCUT2D eigenvalue weighted by Gasteiger charge is 2.23. The molecule has 1 aliphatic rings. The van der Waals surface area contributed by atoms with Gasteiger partial charge >= 0.3 is 0 Å². The van der Waals surface area contributed by atoms with Crippen molar-refractivity contribution in [3.8, 4) is 5.75 Å². The summed E-state index contributed by atoms with van der Waals surface area (Å²) in [5.41, 5.74) is 0.722. The fourth-order valence-electron chi connectivity index (χ4n) is 3.97. The molecule has 1 heterocycles. The van der Waals surface area contributed by atoms with E-state index in [-0.39, 0.29) is 16.8 Å². The molecule has 2 N–H and O–H groups in total. The largest absolute Gasteiger partial charge is 0.494 e. The van der Waals surface area contributed by atoms with E-state index in [4.69, 9.17) is 9.47 Å². The van der Waals surface area contributed by atoms with Gasteiger partial charge in [0.15, 0.2) is 0 Å². The Morgan fingerprint density at radius 2 is 1.82 bits per heavy atom. The SMILES string of the molecule is CCOc1ccc(NS(=O)(=O)c2cccc(C(=O)NC[C@H](CC(C)C)N3CCOCC3)c2)cc1. The number of rotatable bonds is 11. The van der Waals surface area contributed by atoms with E-state index in [2.05, 4.69) is 28.8 Å². The Bertz CT molecular complexity index is 1030. The van der Waals surface area contributed by atoms with Crippen LogP contribution in [0.3, 0.4) is 0 Å². The zero-order valence-corrected chi connectivity index (χ0v) is 20.9. The monoisotopic (exact) mass is 489 g/mol. The molecule has 1 atom stereocenters. The molecular weight excluding hydrogens is 454 g/mol. The first-order valence-corrected chi connectivity index (χ1v) is 13.2. The van der Waals surface area contributed by atoms with Gasteiger partial charge in [-0.15, -0.1) is 0 Å². The van der Waals surface area contributed by atoms with Crippen LogP contribution in [0, 0.1) is 5.92 Å². The Morgan fingerprint density at radius 3 is 2.47 bits per heavy atom. The highest BCUT2D eigenvalue weighted by molar-refractivity contribution is 7.92. The second-order valence-corrected chi connectivity index (χ2v) is 10.4. The molecule has 1 fully saturated rings. The highest BCUT2D eigenvalue weighted by Crippen LogP contribution is 2.20. The molecule has 0 unspecified atom stereocenters. The first-order chi connectivity index (χ1) is 16.3. The minimum atomic E-state index is -3.85. The number of morpholine rings is 1. The smallest absolute Gasteiger partial charge is 0.261 e. The standard InChI is InChI=1S/C25H35N3O5S/c1-4-33-23-10-8-21(9-11-23)27-34(30,31)24-7-5-6-20(17-24)25(29)26-18-22(16-19(2)3)28-12-14-32-15-13-28/h5-11,17,19,22,27H,4,12-16,18H2,1-3H3,(H,26,29)/t22-/m0/s1. The van der Waals surface area contributed by atoms with Gasteiger partial charge in [0.05, 0.1) is 24.7 Å². The Labute approximate surface area is 202 Å². The predicted molar refractivity (Wildman–Crippen MR) is 133 cm³/mol. The number of nitrogens with one attached hydrogen (secondary N) is 2. The molecule has 2 aromatic carbocycles. The number of anilines is 1. The fourth-order valence-corrected chi connectivity index (χ4v) is 5.07. The summed E-state index contributed by atoms with van der Waals surface area (Å²) < 4.78 is 39.2. The van der Waals surface area contributed by atoms with Crippen LogP contribution in [-0.2, 0) is 14.8 Å². The molecule has 186 valence electrons. The number of hydrogen-bond acceptors (Lipinski definition) is 6. The number of amides is 1. The minimum absolute atomic E-state index is 0.0287. The summed E-state index contributed by atoms with van der Waals surface area (Å²) in [4.78, 5) is 15.3. The highest BCUT2D eigenvalue weighted by atomic mass is 32.2. The van der Waals surface area contributed by atoms with E-state index < -0.39 is 10.0 Å². The lowest BCUT2D eigenvalue weighted by Gasteiger charge is -2.35. The van der Waals surface area contributed by atoms with Crippen molar-refractivity contribution in [1.29, 1.82) is 0 Å².